The predicted molar refractivity (Wildman–Crippen MR) is 372 cm³/mol. The molecule has 0 radical (unpaired) electrons. The van der Waals surface area contributed by atoms with Gasteiger partial charge in [0.1, 0.15) is 0 Å². The van der Waals surface area contributed by atoms with Crippen LogP contribution < -0.4 is 20.7 Å². The molecule has 1 aliphatic carbocycles. The van der Waals surface area contributed by atoms with Crippen molar-refractivity contribution in [2.75, 3.05) is 112 Å². The molecule has 9 amide bonds. The molecule has 0 aromatic carbocycles. The standard InChI is InChI=1S/C13H22N2O2.C13H24N2O.C11H20N2O3.C11H20N2O2.C10H20N2O3S.C10H19NO3S/c1-13(2,3)6-11(16)15-7-10(8-15)14-12(17)9-4-5-9;1-10(14(5)6)11-8-15(9-11)12(16)7-13(2,3)4;1-11(2,3)5-9(14)13-6-8(7-13)12-10(15)16-4;1-8(14)12-9-6-13(7-9)10(15)5-11(2,3)4;1-10(2,3)5-9(13)12-6-8(7-12)11-16(4,14)15;1-10(2,3)5-9(12)11-6-8(7-11)15(4,13)14/h9-10H,4-8H2,1-3H3,(H,14,17);11H,1,7-9H2,2-6H3;8H,5-7H2,1-4H3,(H,12,15);9H,5-7H2,1-4H3,(H,12,14);8,11H,5-7H2,1-4H3;8H,5-7H2,1-4H3. The van der Waals surface area contributed by atoms with Crippen LogP contribution in [0.2, 0.25) is 0 Å². The van der Waals surface area contributed by atoms with Gasteiger partial charge in [0.25, 0.3) is 0 Å². The Balaban J connectivity index is 0.000000388. The second kappa shape index (κ2) is 34.8. The fourth-order valence-electron chi connectivity index (χ4n) is 10.1. The van der Waals surface area contributed by atoms with Crippen LogP contribution in [0.3, 0.4) is 0 Å². The average molecular weight is 1380 g/mol. The Kier molecular flexibility index (Phi) is 31.3. The number of sulfonamides is 1. The minimum absolute atomic E-state index is 0.0119. The van der Waals surface area contributed by atoms with Gasteiger partial charge in [-0.1, -0.05) is 131 Å². The molecule has 0 bridgehead atoms. The molecule has 0 aromatic heterocycles. The van der Waals surface area contributed by atoms with Crippen molar-refractivity contribution in [1.29, 1.82) is 0 Å². The molecule has 548 valence electrons. The van der Waals surface area contributed by atoms with E-state index in [4.69, 9.17) is 0 Å². The molecule has 6 aliphatic heterocycles. The first-order valence-corrected chi connectivity index (χ1v) is 37.3. The Hall–Kier alpha value is -5.57. The number of sulfone groups is 1. The number of nitrogens with one attached hydrogen (secondary N) is 4. The van der Waals surface area contributed by atoms with Crippen molar-refractivity contribution in [2.24, 2.45) is 44.3 Å². The highest BCUT2D eigenvalue weighted by Gasteiger charge is 2.41. The fourth-order valence-corrected chi connectivity index (χ4v) is 11.8. The van der Waals surface area contributed by atoms with E-state index in [1.807, 2.05) is 91.1 Å². The van der Waals surface area contributed by atoms with Crippen LogP contribution in [0.1, 0.15) is 183 Å². The Labute approximate surface area is 571 Å². The van der Waals surface area contributed by atoms with E-state index in [2.05, 4.69) is 94.3 Å². The summed E-state index contributed by atoms with van der Waals surface area (Å²) in [4.78, 5) is 116. The lowest BCUT2D eigenvalue weighted by Gasteiger charge is -2.42. The highest BCUT2D eigenvalue weighted by atomic mass is 32.2. The SMILES string of the molecule is C=C(C1CN(C(=O)CC(C)(C)C)C1)N(C)C.CC(=O)NC1CN(C(=O)CC(C)(C)C)C1.CC(C)(C)CC(=O)N1CC(NC(=O)C2CC2)C1.CC(C)(C)CC(=O)N1CC(NS(C)(=O)=O)C1.CC(C)(C)CC(=O)N1CC(S(C)(=O)=O)C1.COC(=O)NC1CN(C(=O)CC(C)(C)C)C1. The van der Waals surface area contributed by atoms with Gasteiger partial charge in [0.2, 0.25) is 57.3 Å². The maximum absolute atomic E-state index is 11.9. The van der Waals surface area contributed by atoms with Crippen molar-refractivity contribution >= 4 is 73.2 Å². The van der Waals surface area contributed by atoms with Crippen molar-refractivity contribution in [3.63, 3.8) is 0 Å². The number of rotatable bonds is 15. The zero-order chi connectivity index (χ0) is 73.5. The highest BCUT2D eigenvalue weighted by Crippen LogP contribution is 2.31. The number of ether oxygens (including phenoxy) is 1. The molecule has 7 fully saturated rings. The molecule has 25 nitrogen and oxygen atoms in total. The maximum Gasteiger partial charge on any atom is 0.407 e. The number of amides is 9. The van der Waals surface area contributed by atoms with E-state index in [0.717, 1.165) is 37.9 Å². The number of nitrogens with zero attached hydrogens (tertiary/aromatic N) is 7. The summed E-state index contributed by atoms with van der Waals surface area (Å²) >= 11 is 0. The van der Waals surface area contributed by atoms with Crippen molar-refractivity contribution in [2.45, 2.75) is 212 Å². The van der Waals surface area contributed by atoms with E-state index in [-0.39, 0.29) is 115 Å². The van der Waals surface area contributed by atoms with Crippen LogP contribution in [0.4, 0.5) is 4.79 Å². The van der Waals surface area contributed by atoms with Crippen LogP contribution in [0.15, 0.2) is 12.3 Å². The third-order valence-electron chi connectivity index (χ3n) is 15.7. The van der Waals surface area contributed by atoms with E-state index >= 15 is 0 Å². The topological polar surface area (TPSA) is 302 Å². The second-order valence-corrected chi connectivity index (χ2v) is 38.7. The second-order valence-electron chi connectivity index (χ2n) is 34.5. The van der Waals surface area contributed by atoms with Crippen LogP contribution >= 0.6 is 0 Å². The van der Waals surface area contributed by atoms with E-state index in [1.165, 1.54) is 20.3 Å². The zero-order valence-electron chi connectivity index (χ0n) is 62.6. The van der Waals surface area contributed by atoms with Gasteiger partial charge in [0.05, 0.1) is 42.8 Å². The summed E-state index contributed by atoms with van der Waals surface area (Å²) in [6.45, 7) is 49.6. The summed E-state index contributed by atoms with van der Waals surface area (Å²) in [5, 5.41) is 8.10. The lowest BCUT2D eigenvalue weighted by molar-refractivity contribution is -0.140. The Bertz CT molecular complexity index is 2860. The van der Waals surface area contributed by atoms with E-state index in [1.54, 1.807) is 19.6 Å². The molecule has 1 saturated carbocycles. The quantitative estimate of drug-likeness (QED) is 0.152. The zero-order valence-corrected chi connectivity index (χ0v) is 64.2. The molecule has 7 aliphatic rings. The van der Waals surface area contributed by atoms with Gasteiger partial charge in [0.15, 0.2) is 9.84 Å². The van der Waals surface area contributed by atoms with Gasteiger partial charge in [-0.15, -0.1) is 0 Å². The molecule has 6 heterocycles. The van der Waals surface area contributed by atoms with Crippen LogP contribution in [0.25, 0.3) is 0 Å². The normalized spacial score (nSPS) is 18.2. The first-order valence-electron chi connectivity index (χ1n) is 33.4. The van der Waals surface area contributed by atoms with Gasteiger partial charge in [-0.25, -0.2) is 26.4 Å². The molecule has 0 atom stereocenters. The predicted octanol–water partition coefficient (Wildman–Crippen LogP) is 5.74. The number of methoxy groups -OCH3 is 1. The van der Waals surface area contributed by atoms with Crippen molar-refractivity contribution in [1.82, 2.24) is 55.0 Å². The van der Waals surface area contributed by atoms with Gasteiger partial charge in [-0.3, -0.25) is 38.4 Å². The molecule has 0 spiro atoms. The van der Waals surface area contributed by atoms with E-state index < -0.39 is 26.0 Å². The number of carbonyl (C=O) groups excluding carboxylic acids is 9. The van der Waals surface area contributed by atoms with Gasteiger partial charge < -0.3 is 55.0 Å². The first kappa shape index (κ1) is 85.5. The van der Waals surface area contributed by atoms with E-state index in [0.29, 0.717) is 110 Å². The average Bonchev–Trinajstić information content (AvgIpc) is 1.09. The van der Waals surface area contributed by atoms with Crippen molar-refractivity contribution < 1.29 is 64.7 Å². The summed E-state index contributed by atoms with van der Waals surface area (Å²) in [6, 6.07) is 0.272. The Morgan fingerprint density at radius 3 is 0.926 bits per heavy atom. The number of alkyl carbamates (subject to hydrolysis) is 1. The Morgan fingerprint density at radius 1 is 0.421 bits per heavy atom. The molecular formula is C68H125N11O14S2. The monoisotopic (exact) mass is 1380 g/mol. The van der Waals surface area contributed by atoms with Crippen molar-refractivity contribution in [3.8, 4) is 0 Å². The highest BCUT2D eigenvalue weighted by molar-refractivity contribution is 7.91. The lowest BCUT2D eigenvalue weighted by Crippen LogP contribution is -2.61. The largest absolute Gasteiger partial charge is 0.453 e. The number of hydrogen-bond acceptors (Lipinski definition) is 15. The van der Waals surface area contributed by atoms with Gasteiger partial charge >= 0.3 is 6.09 Å². The summed E-state index contributed by atoms with van der Waals surface area (Å²) in [5.74, 6) is 1.83. The number of carbonyl (C=O) groups is 9. The van der Waals surface area contributed by atoms with Crippen molar-refractivity contribution in [3.05, 3.63) is 12.3 Å². The smallest absolute Gasteiger partial charge is 0.407 e. The molecule has 4 N–H and O–H groups in total. The van der Waals surface area contributed by atoms with E-state index in [9.17, 15) is 60.0 Å². The molecule has 27 heteroatoms. The Morgan fingerprint density at radius 2 is 0.684 bits per heavy atom. The summed E-state index contributed by atoms with van der Waals surface area (Å²) in [6.07, 6.45) is 7.28. The summed E-state index contributed by atoms with van der Waals surface area (Å²) in [7, 11) is -0.793. The molecule has 7 rings (SSSR count). The minimum Gasteiger partial charge on any atom is -0.453 e. The number of hydrogen-bond donors (Lipinski definition) is 4. The molecule has 95 heavy (non-hydrogen) atoms. The summed E-state index contributed by atoms with van der Waals surface area (Å²) < 4.78 is 51.1. The minimum atomic E-state index is -3.16. The maximum atomic E-state index is 11.9. The third-order valence-corrected chi connectivity index (χ3v) is 18.0. The lowest BCUT2D eigenvalue weighted by atomic mass is 9.89. The molecule has 6 saturated heterocycles. The first-order chi connectivity index (χ1) is 42.8. The molecule has 0 aromatic rings. The van der Waals surface area contributed by atoms with Gasteiger partial charge in [-0.2, -0.15) is 0 Å². The third kappa shape index (κ3) is 35.5. The number of likely N-dealkylation sites (tertiary alicyclic amines) is 6. The fraction of sp³-hybridized carbons (Fsp3) is 0.838. The molecular weight excluding hydrogens is 1260 g/mol. The van der Waals surface area contributed by atoms with Gasteiger partial charge in [0, 0.05) is 162 Å². The molecule has 0 unspecified atom stereocenters. The van der Waals surface area contributed by atoms with Crippen LogP contribution in [-0.4, -0.2) is 246 Å². The van der Waals surface area contributed by atoms with Crippen LogP contribution in [0.5, 0.6) is 0 Å². The summed E-state index contributed by atoms with van der Waals surface area (Å²) in [5.41, 5.74) is 1.24. The van der Waals surface area contributed by atoms with Crippen LogP contribution in [0, 0.1) is 44.3 Å². The van der Waals surface area contributed by atoms with Crippen LogP contribution in [-0.2, 0) is 63.0 Å². The van der Waals surface area contributed by atoms with Gasteiger partial charge in [-0.05, 0) is 45.3 Å².